The molecule has 2 aromatic rings. The van der Waals surface area contributed by atoms with E-state index in [1.165, 1.54) is 18.5 Å². The third-order valence-corrected chi connectivity index (χ3v) is 5.09. The number of halogens is 1. The number of nitrogens with zero attached hydrogens (tertiary/aromatic N) is 3. The molecule has 6 nitrogen and oxygen atoms in total. The number of carbonyl (C=O) groups is 1. The summed E-state index contributed by atoms with van der Waals surface area (Å²) in [7, 11) is 0. The highest BCUT2D eigenvalue weighted by Gasteiger charge is 2.37. The monoisotopic (exact) mass is 332 g/mol. The van der Waals surface area contributed by atoms with E-state index in [-0.39, 0.29) is 5.91 Å². The minimum absolute atomic E-state index is 0.144. The zero-order valence-electron chi connectivity index (χ0n) is 13.7. The normalized spacial score (nSPS) is 25.5. The van der Waals surface area contributed by atoms with Crippen LogP contribution in [0.1, 0.15) is 17.3 Å². The van der Waals surface area contributed by atoms with Crippen molar-refractivity contribution in [2.24, 2.45) is 5.92 Å². The number of rotatable bonds is 2. The summed E-state index contributed by atoms with van der Waals surface area (Å²) in [6, 6.07) is 2.99. The van der Waals surface area contributed by atoms with Crippen LogP contribution in [-0.2, 0) is 4.74 Å². The Balaban J connectivity index is 1.57. The maximum absolute atomic E-state index is 13.8. The molecule has 2 aliphatic heterocycles. The largest absolute Gasteiger partial charge is 0.379 e. The second kappa shape index (κ2) is 6.14. The van der Waals surface area contributed by atoms with Crippen LogP contribution in [0.4, 0.5) is 4.39 Å². The summed E-state index contributed by atoms with van der Waals surface area (Å²) >= 11 is 0. The molecule has 2 atom stereocenters. The van der Waals surface area contributed by atoms with Gasteiger partial charge in [-0.05, 0) is 18.1 Å². The summed E-state index contributed by atoms with van der Waals surface area (Å²) < 4.78 is 19.2. The predicted octanol–water partition coefficient (Wildman–Crippen LogP) is 1.49. The second-order valence-corrected chi connectivity index (χ2v) is 6.66. The Bertz CT molecular complexity index is 756. The number of benzene rings is 1. The van der Waals surface area contributed by atoms with Crippen LogP contribution >= 0.6 is 0 Å². The molecule has 1 N–H and O–H groups in total. The molecule has 0 unspecified atom stereocenters. The summed E-state index contributed by atoms with van der Waals surface area (Å²) in [6.45, 7) is 6.82. The fourth-order valence-electron chi connectivity index (χ4n) is 3.85. The highest BCUT2D eigenvalue weighted by atomic mass is 19.1. The van der Waals surface area contributed by atoms with Crippen LogP contribution < -0.4 is 0 Å². The predicted molar refractivity (Wildman–Crippen MR) is 87.3 cm³/mol. The van der Waals surface area contributed by atoms with Crippen molar-refractivity contribution in [1.82, 2.24) is 19.8 Å². The summed E-state index contributed by atoms with van der Waals surface area (Å²) in [6.07, 6.45) is 1.49. The third kappa shape index (κ3) is 2.67. The van der Waals surface area contributed by atoms with Crippen molar-refractivity contribution < 1.29 is 13.9 Å². The fraction of sp³-hybridized carbons (Fsp3) is 0.529. The SMILES string of the molecule is C[C@H]1CN(C(=O)c2cc(F)cc3[nH]cnc23)C[C@@H]1N1CCOCC1. The van der Waals surface area contributed by atoms with Gasteiger partial charge in [0, 0.05) is 32.2 Å². The van der Waals surface area contributed by atoms with Gasteiger partial charge in [0.05, 0.1) is 30.6 Å². The van der Waals surface area contributed by atoms with Gasteiger partial charge in [-0.2, -0.15) is 0 Å². The molecule has 1 aromatic carbocycles. The van der Waals surface area contributed by atoms with Crippen molar-refractivity contribution in [3.63, 3.8) is 0 Å². The number of H-pyrrole nitrogens is 1. The number of hydrogen-bond acceptors (Lipinski definition) is 4. The molecule has 24 heavy (non-hydrogen) atoms. The average molecular weight is 332 g/mol. The van der Waals surface area contributed by atoms with Crippen molar-refractivity contribution in [2.45, 2.75) is 13.0 Å². The number of fused-ring (bicyclic) bond motifs is 1. The molecule has 0 bridgehead atoms. The molecule has 0 saturated carbocycles. The van der Waals surface area contributed by atoms with E-state index in [0.717, 1.165) is 26.3 Å². The van der Waals surface area contributed by atoms with E-state index in [1.807, 2.05) is 4.90 Å². The van der Waals surface area contributed by atoms with Crippen LogP contribution in [0.3, 0.4) is 0 Å². The van der Waals surface area contributed by atoms with Crippen LogP contribution in [0.15, 0.2) is 18.5 Å². The first kappa shape index (κ1) is 15.5. The molecule has 2 aliphatic rings. The van der Waals surface area contributed by atoms with E-state index in [1.54, 1.807) is 0 Å². The van der Waals surface area contributed by atoms with Gasteiger partial charge in [0.25, 0.3) is 5.91 Å². The molecule has 1 amide bonds. The summed E-state index contributed by atoms with van der Waals surface area (Å²) in [4.78, 5) is 24.2. The number of amides is 1. The van der Waals surface area contributed by atoms with E-state index >= 15 is 0 Å². The highest BCUT2D eigenvalue weighted by molar-refractivity contribution is 6.04. The van der Waals surface area contributed by atoms with Crippen molar-refractivity contribution in [3.05, 3.63) is 29.8 Å². The third-order valence-electron chi connectivity index (χ3n) is 5.09. The van der Waals surface area contributed by atoms with Gasteiger partial charge in [0.15, 0.2) is 0 Å². The van der Waals surface area contributed by atoms with Gasteiger partial charge >= 0.3 is 0 Å². The maximum Gasteiger partial charge on any atom is 0.256 e. The Morgan fingerprint density at radius 3 is 2.92 bits per heavy atom. The number of carbonyl (C=O) groups excluding carboxylic acids is 1. The van der Waals surface area contributed by atoms with E-state index in [9.17, 15) is 9.18 Å². The molecule has 2 fully saturated rings. The van der Waals surface area contributed by atoms with Gasteiger partial charge in [-0.3, -0.25) is 9.69 Å². The molecular weight excluding hydrogens is 311 g/mol. The zero-order chi connectivity index (χ0) is 16.7. The van der Waals surface area contributed by atoms with Gasteiger partial charge in [-0.25, -0.2) is 9.37 Å². The van der Waals surface area contributed by atoms with Gasteiger partial charge in [-0.1, -0.05) is 6.92 Å². The second-order valence-electron chi connectivity index (χ2n) is 6.66. The first-order chi connectivity index (χ1) is 11.6. The van der Waals surface area contributed by atoms with Crippen LogP contribution in [0, 0.1) is 11.7 Å². The molecule has 7 heteroatoms. The van der Waals surface area contributed by atoms with Crippen LogP contribution in [0.5, 0.6) is 0 Å². The number of ether oxygens (including phenoxy) is 1. The highest BCUT2D eigenvalue weighted by Crippen LogP contribution is 2.26. The lowest BCUT2D eigenvalue weighted by atomic mass is 10.0. The number of nitrogens with one attached hydrogen (secondary N) is 1. The minimum atomic E-state index is -0.424. The maximum atomic E-state index is 13.8. The van der Waals surface area contributed by atoms with Crippen molar-refractivity contribution in [2.75, 3.05) is 39.4 Å². The Hall–Kier alpha value is -1.99. The van der Waals surface area contributed by atoms with E-state index < -0.39 is 5.82 Å². The first-order valence-electron chi connectivity index (χ1n) is 8.37. The van der Waals surface area contributed by atoms with E-state index in [0.29, 0.717) is 41.6 Å². The quantitative estimate of drug-likeness (QED) is 0.905. The summed E-state index contributed by atoms with van der Waals surface area (Å²) in [5, 5.41) is 0. The van der Waals surface area contributed by atoms with Crippen LogP contribution in [0.2, 0.25) is 0 Å². The number of imidazole rings is 1. The van der Waals surface area contributed by atoms with Crippen molar-refractivity contribution >= 4 is 16.9 Å². The van der Waals surface area contributed by atoms with Crippen LogP contribution in [-0.4, -0.2) is 71.1 Å². The van der Waals surface area contributed by atoms with Crippen molar-refractivity contribution in [3.8, 4) is 0 Å². The summed E-state index contributed by atoms with van der Waals surface area (Å²) in [5.74, 6) is -0.184. The molecule has 0 spiro atoms. The molecular formula is C17H21FN4O2. The van der Waals surface area contributed by atoms with Gasteiger partial charge in [0.2, 0.25) is 0 Å². The fourth-order valence-corrected chi connectivity index (χ4v) is 3.85. The molecule has 128 valence electrons. The Kier molecular flexibility index (Phi) is 3.97. The van der Waals surface area contributed by atoms with Gasteiger partial charge < -0.3 is 14.6 Å². The molecule has 3 heterocycles. The van der Waals surface area contributed by atoms with Gasteiger partial charge in [0.1, 0.15) is 11.3 Å². The number of aromatic nitrogens is 2. The Morgan fingerprint density at radius 1 is 1.33 bits per heavy atom. The topological polar surface area (TPSA) is 61.5 Å². The Morgan fingerprint density at radius 2 is 2.12 bits per heavy atom. The van der Waals surface area contributed by atoms with E-state index in [2.05, 4.69) is 21.8 Å². The lowest BCUT2D eigenvalue weighted by Crippen LogP contribution is -2.47. The molecule has 4 rings (SSSR count). The molecule has 2 saturated heterocycles. The minimum Gasteiger partial charge on any atom is -0.379 e. The molecule has 0 radical (unpaired) electrons. The van der Waals surface area contributed by atoms with Crippen molar-refractivity contribution in [1.29, 1.82) is 0 Å². The summed E-state index contributed by atoms with van der Waals surface area (Å²) in [5.41, 5.74) is 1.42. The Labute approximate surface area is 139 Å². The smallest absolute Gasteiger partial charge is 0.256 e. The molecule has 0 aliphatic carbocycles. The molecule has 1 aromatic heterocycles. The van der Waals surface area contributed by atoms with Gasteiger partial charge in [-0.15, -0.1) is 0 Å². The average Bonchev–Trinajstić information content (AvgIpc) is 3.20. The van der Waals surface area contributed by atoms with E-state index in [4.69, 9.17) is 4.74 Å². The number of hydrogen-bond donors (Lipinski definition) is 1. The lowest BCUT2D eigenvalue weighted by molar-refractivity contribution is 0.0119. The number of likely N-dealkylation sites (tertiary alicyclic amines) is 1. The van der Waals surface area contributed by atoms with Crippen LogP contribution in [0.25, 0.3) is 11.0 Å². The lowest BCUT2D eigenvalue weighted by Gasteiger charge is -2.34. The number of aromatic amines is 1. The standard InChI is InChI=1S/C17H21FN4O2/c1-11-8-22(9-15(11)21-2-4-24-5-3-21)17(23)13-6-12(18)7-14-16(13)20-10-19-14/h6-7,10-11,15H,2-5,8-9H2,1H3,(H,19,20)/t11-,15-/m0/s1. The number of morpholine rings is 1. The zero-order valence-corrected chi connectivity index (χ0v) is 13.7. The first-order valence-corrected chi connectivity index (χ1v) is 8.37.